The summed E-state index contributed by atoms with van der Waals surface area (Å²) in [7, 11) is 0. The average Bonchev–Trinajstić information content (AvgIpc) is 2.68. The van der Waals surface area contributed by atoms with Crippen LogP contribution in [0.5, 0.6) is 0 Å². The van der Waals surface area contributed by atoms with E-state index in [1.54, 1.807) is 0 Å². The fraction of sp³-hybridized carbons (Fsp3) is 0.542. The van der Waals surface area contributed by atoms with Crippen molar-refractivity contribution in [2.75, 3.05) is 0 Å². The molecule has 0 heterocycles. The van der Waals surface area contributed by atoms with E-state index in [1.165, 1.54) is 38.5 Å². The van der Waals surface area contributed by atoms with Gasteiger partial charge in [0, 0.05) is 18.0 Å². The van der Waals surface area contributed by atoms with Crippen LogP contribution < -0.4 is 5.32 Å². The number of amides is 1. The van der Waals surface area contributed by atoms with Crippen molar-refractivity contribution in [2.45, 2.75) is 84.1 Å². The standard InChI is InChI=1S/C24H36ClNO/c1-2-3-4-5-6-7-8-9-10-11-12-13-14-15-16-24(27)26-21-22-17-19-23(25)20-18-22/h6-7,9-10,17-20H,2-5,8,11-16,21H2,1H3,(H,26,27)/b7-6-,10-9-. The van der Waals surface area contributed by atoms with Gasteiger partial charge in [0.1, 0.15) is 0 Å². The van der Waals surface area contributed by atoms with Crippen LogP contribution in [-0.2, 0) is 11.3 Å². The van der Waals surface area contributed by atoms with Gasteiger partial charge in [0.05, 0.1) is 0 Å². The Balaban J connectivity index is 1.91. The van der Waals surface area contributed by atoms with E-state index in [1.807, 2.05) is 24.3 Å². The van der Waals surface area contributed by atoms with E-state index >= 15 is 0 Å². The molecule has 0 aliphatic carbocycles. The molecule has 27 heavy (non-hydrogen) atoms. The largest absolute Gasteiger partial charge is 0.352 e. The lowest BCUT2D eigenvalue weighted by Crippen LogP contribution is -2.22. The second kappa shape index (κ2) is 16.6. The lowest BCUT2D eigenvalue weighted by molar-refractivity contribution is -0.121. The molecule has 0 saturated heterocycles. The van der Waals surface area contributed by atoms with Gasteiger partial charge in [-0.3, -0.25) is 4.79 Å². The molecule has 0 saturated carbocycles. The Morgan fingerprint density at radius 2 is 1.52 bits per heavy atom. The molecule has 0 bridgehead atoms. The average molecular weight is 390 g/mol. The Bertz CT molecular complexity index is 548. The van der Waals surface area contributed by atoms with Gasteiger partial charge in [-0.1, -0.05) is 80.6 Å². The minimum Gasteiger partial charge on any atom is -0.352 e. The summed E-state index contributed by atoms with van der Waals surface area (Å²) in [4.78, 5) is 11.8. The number of nitrogens with one attached hydrogen (secondary N) is 1. The van der Waals surface area contributed by atoms with E-state index in [0.29, 0.717) is 13.0 Å². The predicted molar refractivity (Wildman–Crippen MR) is 118 cm³/mol. The molecule has 1 rings (SSSR count). The Morgan fingerprint density at radius 3 is 2.19 bits per heavy atom. The molecule has 0 atom stereocenters. The molecule has 0 aliphatic rings. The number of unbranched alkanes of at least 4 members (excludes halogenated alkanes) is 7. The second-order valence-electron chi connectivity index (χ2n) is 7.03. The Morgan fingerprint density at radius 1 is 0.889 bits per heavy atom. The SMILES string of the molecule is CCCCC/C=C\C/C=C\CCCCCCC(=O)NCc1ccc(Cl)cc1. The van der Waals surface area contributed by atoms with Crippen molar-refractivity contribution in [3.63, 3.8) is 0 Å². The van der Waals surface area contributed by atoms with Crippen LogP contribution in [-0.4, -0.2) is 5.91 Å². The van der Waals surface area contributed by atoms with Crippen LogP contribution >= 0.6 is 11.6 Å². The van der Waals surface area contributed by atoms with E-state index in [0.717, 1.165) is 36.3 Å². The molecule has 150 valence electrons. The number of carbonyl (C=O) groups excluding carboxylic acids is 1. The van der Waals surface area contributed by atoms with Gasteiger partial charge in [-0.05, 0) is 56.2 Å². The third-order valence-electron chi connectivity index (χ3n) is 4.51. The normalized spacial score (nSPS) is 11.5. The first-order chi connectivity index (χ1) is 13.2. The summed E-state index contributed by atoms with van der Waals surface area (Å²) < 4.78 is 0. The van der Waals surface area contributed by atoms with Gasteiger partial charge >= 0.3 is 0 Å². The van der Waals surface area contributed by atoms with Gasteiger partial charge in [-0.25, -0.2) is 0 Å². The summed E-state index contributed by atoms with van der Waals surface area (Å²) in [5.74, 6) is 0.135. The molecule has 0 unspecified atom stereocenters. The number of halogens is 1. The van der Waals surface area contributed by atoms with E-state index < -0.39 is 0 Å². The third kappa shape index (κ3) is 14.2. The Hall–Kier alpha value is -1.54. The maximum Gasteiger partial charge on any atom is 0.220 e. The van der Waals surface area contributed by atoms with Crippen molar-refractivity contribution in [2.24, 2.45) is 0 Å². The molecular weight excluding hydrogens is 354 g/mol. The van der Waals surface area contributed by atoms with Gasteiger partial charge in [0.2, 0.25) is 5.91 Å². The minimum atomic E-state index is 0.135. The fourth-order valence-corrected chi connectivity index (χ4v) is 2.94. The van der Waals surface area contributed by atoms with Crippen LogP contribution in [0.4, 0.5) is 0 Å². The molecule has 0 aromatic heterocycles. The summed E-state index contributed by atoms with van der Waals surface area (Å²) in [5, 5.41) is 3.69. The summed E-state index contributed by atoms with van der Waals surface area (Å²) in [5.41, 5.74) is 1.08. The van der Waals surface area contributed by atoms with Crippen LogP contribution in [0, 0.1) is 0 Å². The first-order valence-electron chi connectivity index (χ1n) is 10.5. The van der Waals surface area contributed by atoms with Crippen molar-refractivity contribution < 1.29 is 4.79 Å². The monoisotopic (exact) mass is 389 g/mol. The van der Waals surface area contributed by atoms with Gasteiger partial charge < -0.3 is 5.32 Å². The van der Waals surface area contributed by atoms with Crippen molar-refractivity contribution >= 4 is 17.5 Å². The lowest BCUT2D eigenvalue weighted by atomic mass is 10.1. The van der Waals surface area contributed by atoms with Crippen LogP contribution in [0.2, 0.25) is 5.02 Å². The highest BCUT2D eigenvalue weighted by Crippen LogP contribution is 2.10. The third-order valence-corrected chi connectivity index (χ3v) is 4.76. The zero-order valence-corrected chi connectivity index (χ0v) is 17.6. The summed E-state index contributed by atoms with van der Waals surface area (Å²) in [6.45, 7) is 2.82. The van der Waals surface area contributed by atoms with Crippen molar-refractivity contribution in [3.05, 3.63) is 59.2 Å². The van der Waals surface area contributed by atoms with Gasteiger partial charge in [0.15, 0.2) is 0 Å². The lowest BCUT2D eigenvalue weighted by Gasteiger charge is -2.05. The van der Waals surface area contributed by atoms with Crippen LogP contribution in [0.3, 0.4) is 0 Å². The Kier molecular flexibility index (Phi) is 14.5. The van der Waals surface area contributed by atoms with E-state index in [9.17, 15) is 4.79 Å². The number of benzene rings is 1. The van der Waals surface area contributed by atoms with Crippen LogP contribution in [0.15, 0.2) is 48.6 Å². The topological polar surface area (TPSA) is 29.1 Å². The predicted octanol–water partition coefficient (Wildman–Crippen LogP) is 7.38. The van der Waals surface area contributed by atoms with Gasteiger partial charge in [-0.2, -0.15) is 0 Å². The smallest absolute Gasteiger partial charge is 0.220 e. The summed E-state index contributed by atoms with van der Waals surface area (Å²) >= 11 is 5.85. The summed E-state index contributed by atoms with van der Waals surface area (Å²) in [6.07, 6.45) is 21.6. The molecule has 1 N–H and O–H groups in total. The van der Waals surface area contributed by atoms with E-state index in [-0.39, 0.29) is 5.91 Å². The number of hydrogen-bond donors (Lipinski definition) is 1. The molecule has 0 radical (unpaired) electrons. The molecule has 2 nitrogen and oxygen atoms in total. The van der Waals surface area contributed by atoms with E-state index in [4.69, 9.17) is 11.6 Å². The molecule has 0 fully saturated rings. The van der Waals surface area contributed by atoms with Crippen molar-refractivity contribution in [1.29, 1.82) is 0 Å². The van der Waals surface area contributed by atoms with Crippen LogP contribution in [0.25, 0.3) is 0 Å². The van der Waals surface area contributed by atoms with Crippen molar-refractivity contribution in [3.8, 4) is 0 Å². The second-order valence-corrected chi connectivity index (χ2v) is 7.47. The fourth-order valence-electron chi connectivity index (χ4n) is 2.81. The number of hydrogen-bond acceptors (Lipinski definition) is 1. The molecule has 0 spiro atoms. The van der Waals surface area contributed by atoms with Gasteiger partial charge in [0.25, 0.3) is 0 Å². The molecule has 1 amide bonds. The van der Waals surface area contributed by atoms with Gasteiger partial charge in [-0.15, -0.1) is 0 Å². The molecule has 3 heteroatoms. The number of carbonyl (C=O) groups is 1. The highest BCUT2D eigenvalue weighted by atomic mass is 35.5. The highest BCUT2D eigenvalue weighted by molar-refractivity contribution is 6.30. The molecule has 1 aromatic carbocycles. The first kappa shape index (κ1) is 23.5. The maximum absolute atomic E-state index is 11.8. The van der Waals surface area contributed by atoms with Crippen LogP contribution in [0.1, 0.15) is 83.1 Å². The molecule has 0 aliphatic heterocycles. The molecular formula is C24H36ClNO. The van der Waals surface area contributed by atoms with Crippen molar-refractivity contribution in [1.82, 2.24) is 5.32 Å². The minimum absolute atomic E-state index is 0.135. The number of allylic oxidation sites excluding steroid dienone is 4. The maximum atomic E-state index is 11.8. The highest BCUT2D eigenvalue weighted by Gasteiger charge is 2.01. The number of rotatable bonds is 15. The quantitative estimate of drug-likeness (QED) is 0.246. The van der Waals surface area contributed by atoms with E-state index in [2.05, 4.69) is 36.5 Å². The Labute approximate surface area is 171 Å². The zero-order valence-electron chi connectivity index (χ0n) is 16.9. The zero-order chi connectivity index (χ0) is 19.6. The molecule has 1 aromatic rings. The summed E-state index contributed by atoms with van der Waals surface area (Å²) in [6, 6.07) is 7.58. The first-order valence-corrected chi connectivity index (χ1v) is 10.9.